The second-order valence-corrected chi connectivity index (χ2v) is 9.13. The number of carbonyl (C=O) groups excluding carboxylic acids is 1. The quantitative estimate of drug-likeness (QED) is 0.537. The summed E-state index contributed by atoms with van der Waals surface area (Å²) in [5.74, 6) is 0.419. The monoisotopic (exact) mass is 449 g/mol. The van der Waals surface area contributed by atoms with Crippen LogP contribution < -0.4 is 16.1 Å². The fourth-order valence-corrected chi connectivity index (χ4v) is 5.11. The molecule has 1 aromatic carbocycles. The van der Waals surface area contributed by atoms with E-state index in [0.29, 0.717) is 25.5 Å². The zero-order chi connectivity index (χ0) is 22.8. The van der Waals surface area contributed by atoms with Gasteiger partial charge in [0.1, 0.15) is 6.17 Å². The standard InChI is InChI=1S/C24H31N7O2/c1-33-15-14-30-13-10-19(28-30)16-4-6-18(7-5-16)27-23-22-21(9-12-26-24(22)32)31(29-23)20(8-11-25)17-2-3-17/h4-7,10,13,17,20-23,27,29H,2-3,8-9,12,14-15H2,1H3,(H,26,32)/t20-,21?,22?,23?/m0/s1. The van der Waals surface area contributed by atoms with Gasteiger partial charge in [-0.2, -0.15) is 10.4 Å². The lowest BCUT2D eigenvalue weighted by Crippen LogP contribution is -2.52. The van der Waals surface area contributed by atoms with Crippen molar-refractivity contribution in [3.05, 3.63) is 36.5 Å². The van der Waals surface area contributed by atoms with Crippen LogP contribution in [0.2, 0.25) is 0 Å². The first kappa shape index (κ1) is 21.9. The smallest absolute Gasteiger partial charge is 0.228 e. The normalized spacial score (nSPS) is 25.8. The zero-order valence-corrected chi connectivity index (χ0v) is 18.9. The molecule has 1 amide bonds. The summed E-state index contributed by atoms with van der Waals surface area (Å²) in [4.78, 5) is 12.8. The number of nitriles is 1. The molecule has 9 heteroatoms. The van der Waals surface area contributed by atoms with Crippen molar-refractivity contribution in [2.75, 3.05) is 25.6 Å². The van der Waals surface area contributed by atoms with E-state index in [4.69, 9.17) is 4.74 Å². The Kier molecular flexibility index (Phi) is 6.31. The van der Waals surface area contributed by atoms with E-state index < -0.39 is 0 Å². The maximum absolute atomic E-state index is 12.8. The Morgan fingerprint density at radius 1 is 1.27 bits per heavy atom. The molecule has 3 aliphatic rings. The molecule has 0 bridgehead atoms. The van der Waals surface area contributed by atoms with Crippen LogP contribution in [0.15, 0.2) is 36.5 Å². The van der Waals surface area contributed by atoms with E-state index in [1.54, 1.807) is 7.11 Å². The number of anilines is 1. The maximum atomic E-state index is 12.8. The average Bonchev–Trinajstić information content (AvgIpc) is 3.45. The molecule has 2 saturated heterocycles. The summed E-state index contributed by atoms with van der Waals surface area (Å²) < 4.78 is 6.99. The summed E-state index contributed by atoms with van der Waals surface area (Å²) in [6, 6.07) is 12.8. The van der Waals surface area contributed by atoms with Gasteiger partial charge in [-0.1, -0.05) is 12.1 Å². The fraction of sp³-hybridized carbons (Fsp3) is 0.542. The van der Waals surface area contributed by atoms with Crippen LogP contribution in [0, 0.1) is 23.2 Å². The highest BCUT2D eigenvalue weighted by molar-refractivity contribution is 5.82. The minimum Gasteiger partial charge on any atom is -0.383 e. The first-order valence-corrected chi connectivity index (χ1v) is 11.8. The molecule has 5 rings (SSSR count). The summed E-state index contributed by atoms with van der Waals surface area (Å²) in [7, 11) is 1.68. The number of methoxy groups -OCH3 is 1. The van der Waals surface area contributed by atoms with Gasteiger partial charge in [0, 0.05) is 43.2 Å². The predicted octanol–water partition coefficient (Wildman–Crippen LogP) is 1.95. The van der Waals surface area contributed by atoms with Gasteiger partial charge in [0.15, 0.2) is 0 Å². The number of piperidine rings is 1. The molecule has 1 aromatic heterocycles. The average molecular weight is 450 g/mol. The molecule has 0 radical (unpaired) electrons. The summed E-state index contributed by atoms with van der Waals surface area (Å²) in [5.41, 5.74) is 6.46. The maximum Gasteiger partial charge on any atom is 0.228 e. The highest BCUT2D eigenvalue weighted by Gasteiger charge is 2.51. The van der Waals surface area contributed by atoms with Gasteiger partial charge in [0.05, 0.1) is 37.3 Å². The molecule has 3 N–H and O–H groups in total. The second-order valence-electron chi connectivity index (χ2n) is 9.13. The summed E-state index contributed by atoms with van der Waals surface area (Å²) in [6.45, 7) is 2.03. The van der Waals surface area contributed by atoms with Gasteiger partial charge in [0.2, 0.25) is 5.91 Å². The molecule has 2 aliphatic heterocycles. The third kappa shape index (κ3) is 4.60. The number of carbonyl (C=O) groups is 1. The number of nitrogens with one attached hydrogen (secondary N) is 3. The topological polar surface area (TPSA) is 107 Å². The van der Waals surface area contributed by atoms with Crippen molar-refractivity contribution in [3.8, 4) is 17.3 Å². The van der Waals surface area contributed by atoms with E-state index in [1.807, 2.05) is 41.2 Å². The van der Waals surface area contributed by atoms with E-state index in [2.05, 4.69) is 32.2 Å². The van der Waals surface area contributed by atoms with Crippen LogP contribution in [-0.2, 0) is 16.1 Å². The summed E-state index contributed by atoms with van der Waals surface area (Å²) in [6.07, 6.45) is 5.44. The number of aromatic nitrogens is 2. The number of fused-ring (bicyclic) bond motifs is 1. The Hall–Kier alpha value is -2.93. The molecule has 4 atom stereocenters. The van der Waals surface area contributed by atoms with Gasteiger partial charge in [-0.15, -0.1) is 0 Å². The predicted molar refractivity (Wildman–Crippen MR) is 124 cm³/mol. The van der Waals surface area contributed by atoms with Gasteiger partial charge >= 0.3 is 0 Å². The van der Waals surface area contributed by atoms with Crippen molar-refractivity contribution < 1.29 is 9.53 Å². The van der Waals surface area contributed by atoms with Crippen molar-refractivity contribution in [1.82, 2.24) is 25.5 Å². The lowest BCUT2D eigenvalue weighted by atomic mass is 9.90. The fourth-order valence-electron chi connectivity index (χ4n) is 5.11. The molecule has 0 spiro atoms. The Morgan fingerprint density at radius 3 is 2.82 bits per heavy atom. The van der Waals surface area contributed by atoms with Gasteiger partial charge in [-0.3, -0.25) is 9.48 Å². The van der Waals surface area contributed by atoms with Crippen LogP contribution in [0.3, 0.4) is 0 Å². The molecule has 1 aliphatic carbocycles. The first-order chi connectivity index (χ1) is 16.2. The molecule has 33 heavy (non-hydrogen) atoms. The molecule has 3 unspecified atom stereocenters. The third-order valence-corrected chi connectivity index (χ3v) is 6.95. The number of ether oxygens (including phenoxy) is 1. The minimum absolute atomic E-state index is 0.0727. The molecule has 1 saturated carbocycles. The second kappa shape index (κ2) is 9.51. The molecule has 174 valence electrons. The van der Waals surface area contributed by atoms with Gasteiger partial charge in [-0.05, 0) is 43.4 Å². The van der Waals surface area contributed by atoms with E-state index >= 15 is 0 Å². The van der Waals surface area contributed by atoms with Crippen LogP contribution in [0.4, 0.5) is 5.69 Å². The van der Waals surface area contributed by atoms with Crippen molar-refractivity contribution in [2.24, 2.45) is 11.8 Å². The number of nitrogens with zero attached hydrogens (tertiary/aromatic N) is 4. The first-order valence-electron chi connectivity index (χ1n) is 11.8. The van der Waals surface area contributed by atoms with Crippen LogP contribution >= 0.6 is 0 Å². The van der Waals surface area contributed by atoms with Gasteiger partial charge in [-0.25, -0.2) is 10.4 Å². The summed E-state index contributed by atoms with van der Waals surface area (Å²) >= 11 is 0. The highest BCUT2D eigenvalue weighted by atomic mass is 16.5. The van der Waals surface area contributed by atoms with E-state index in [0.717, 1.165) is 42.8 Å². The van der Waals surface area contributed by atoms with E-state index in [1.165, 1.54) is 0 Å². The Morgan fingerprint density at radius 2 is 2.09 bits per heavy atom. The van der Waals surface area contributed by atoms with Gasteiger partial charge < -0.3 is 15.4 Å². The Labute approximate surface area is 194 Å². The Balaban J connectivity index is 1.30. The molecule has 3 heterocycles. The Bertz CT molecular complexity index is 1010. The van der Waals surface area contributed by atoms with Gasteiger partial charge in [0.25, 0.3) is 0 Å². The van der Waals surface area contributed by atoms with Crippen LogP contribution in [0.1, 0.15) is 25.7 Å². The van der Waals surface area contributed by atoms with Crippen LogP contribution in [-0.4, -0.2) is 59.2 Å². The van der Waals surface area contributed by atoms with Crippen molar-refractivity contribution in [1.29, 1.82) is 5.26 Å². The molecular formula is C24H31N7O2. The van der Waals surface area contributed by atoms with Crippen molar-refractivity contribution in [3.63, 3.8) is 0 Å². The van der Waals surface area contributed by atoms with Crippen molar-refractivity contribution >= 4 is 11.6 Å². The number of hydrogen-bond acceptors (Lipinski definition) is 7. The van der Waals surface area contributed by atoms with E-state index in [-0.39, 0.29) is 30.1 Å². The summed E-state index contributed by atoms with van der Waals surface area (Å²) in [5, 5.41) is 22.8. The van der Waals surface area contributed by atoms with Crippen LogP contribution in [0.5, 0.6) is 0 Å². The van der Waals surface area contributed by atoms with Crippen LogP contribution in [0.25, 0.3) is 11.3 Å². The van der Waals surface area contributed by atoms with Crippen molar-refractivity contribution in [2.45, 2.75) is 50.5 Å². The molecule has 3 fully saturated rings. The number of amides is 1. The lowest BCUT2D eigenvalue weighted by Gasteiger charge is -2.34. The minimum atomic E-state index is -0.214. The number of hydrazine groups is 1. The van der Waals surface area contributed by atoms with E-state index in [9.17, 15) is 10.1 Å². The number of hydrogen-bond donors (Lipinski definition) is 3. The number of benzene rings is 1. The largest absolute Gasteiger partial charge is 0.383 e. The molecular weight excluding hydrogens is 418 g/mol. The third-order valence-electron chi connectivity index (χ3n) is 6.95. The number of rotatable bonds is 9. The highest BCUT2D eigenvalue weighted by Crippen LogP contribution is 2.41. The molecule has 9 nitrogen and oxygen atoms in total. The lowest BCUT2D eigenvalue weighted by molar-refractivity contribution is -0.128. The SMILES string of the molecule is COCCn1ccc(-c2ccc(NC3NN([C@@H](CC#N)C4CC4)C4CCNC(=O)C34)cc2)n1. The molecule has 2 aromatic rings. The zero-order valence-electron chi connectivity index (χ0n) is 18.9.